The van der Waals surface area contributed by atoms with Gasteiger partial charge in [0.1, 0.15) is 11.3 Å². The highest BCUT2D eigenvalue weighted by Crippen LogP contribution is 2.24. The molecule has 4 aromatic rings. The van der Waals surface area contributed by atoms with Crippen molar-refractivity contribution in [2.45, 2.75) is 13.8 Å². The summed E-state index contributed by atoms with van der Waals surface area (Å²) >= 11 is 0. The minimum atomic E-state index is -0.748. The summed E-state index contributed by atoms with van der Waals surface area (Å²) in [6.07, 6.45) is 0. The third kappa shape index (κ3) is 3.36. The van der Waals surface area contributed by atoms with E-state index in [4.69, 9.17) is 10.5 Å². The van der Waals surface area contributed by atoms with E-state index in [1.165, 1.54) is 4.57 Å². The van der Waals surface area contributed by atoms with Crippen LogP contribution in [0.4, 0.5) is 0 Å². The summed E-state index contributed by atoms with van der Waals surface area (Å²) in [6.45, 7) is 4.39. The minimum absolute atomic E-state index is 0.0395. The second-order valence-electron chi connectivity index (χ2n) is 6.52. The zero-order chi connectivity index (χ0) is 20.5. The molecule has 0 saturated heterocycles. The zero-order valence-electron chi connectivity index (χ0n) is 16.0. The molecular formula is C21H19N5O3. The lowest BCUT2D eigenvalue weighted by Gasteiger charge is -2.08. The van der Waals surface area contributed by atoms with Crippen molar-refractivity contribution in [1.29, 1.82) is 0 Å². The first-order valence-electron chi connectivity index (χ1n) is 9.10. The molecule has 29 heavy (non-hydrogen) atoms. The van der Waals surface area contributed by atoms with Crippen LogP contribution in [0.2, 0.25) is 0 Å². The molecule has 0 aliphatic heterocycles. The van der Waals surface area contributed by atoms with Crippen LogP contribution in [0.1, 0.15) is 23.0 Å². The van der Waals surface area contributed by atoms with E-state index in [1.54, 1.807) is 30.3 Å². The molecule has 0 spiro atoms. The van der Waals surface area contributed by atoms with E-state index in [2.05, 4.69) is 15.0 Å². The van der Waals surface area contributed by atoms with Gasteiger partial charge in [0.15, 0.2) is 17.2 Å². The summed E-state index contributed by atoms with van der Waals surface area (Å²) in [6, 6.07) is 14.6. The van der Waals surface area contributed by atoms with Crippen molar-refractivity contribution in [1.82, 2.24) is 19.5 Å². The second kappa shape index (κ2) is 7.23. The van der Waals surface area contributed by atoms with Crippen LogP contribution >= 0.6 is 0 Å². The van der Waals surface area contributed by atoms with Gasteiger partial charge in [-0.3, -0.25) is 4.79 Å². The molecular weight excluding hydrogens is 370 g/mol. The number of amides is 1. The number of carbonyl (C=O) groups excluding carboxylic acids is 1. The van der Waals surface area contributed by atoms with E-state index >= 15 is 0 Å². The Hall–Kier alpha value is -3.94. The molecule has 0 aliphatic rings. The van der Waals surface area contributed by atoms with Crippen molar-refractivity contribution < 1.29 is 9.53 Å². The molecule has 0 saturated carbocycles. The van der Waals surface area contributed by atoms with Crippen LogP contribution in [0.5, 0.6) is 5.75 Å². The van der Waals surface area contributed by atoms with Gasteiger partial charge in [0.25, 0.3) is 5.91 Å². The third-order valence-corrected chi connectivity index (χ3v) is 4.45. The Morgan fingerprint density at radius 3 is 2.59 bits per heavy atom. The number of nitrogens with zero attached hydrogens (tertiary/aromatic N) is 3. The molecule has 3 N–H and O–H groups in total. The Labute approximate surface area is 166 Å². The lowest BCUT2D eigenvalue weighted by atomic mass is 10.2. The molecule has 0 unspecified atom stereocenters. The number of primary amides is 1. The van der Waals surface area contributed by atoms with Gasteiger partial charge in [-0.25, -0.2) is 19.3 Å². The van der Waals surface area contributed by atoms with E-state index in [1.807, 2.05) is 32.0 Å². The number of carbonyl (C=O) groups is 1. The molecule has 4 rings (SSSR count). The van der Waals surface area contributed by atoms with Gasteiger partial charge in [0.05, 0.1) is 12.3 Å². The summed E-state index contributed by atoms with van der Waals surface area (Å²) in [7, 11) is 0. The number of aromatic nitrogens is 4. The first-order valence-corrected chi connectivity index (χ1v) is 9.10. The van der Waals surface area contributed by atoms with E-state index in [-0.39, 0.29) is 22.7 Å². The Morgan fingerprint density at radius 2 is 1.93 bits per heavy atom. The molecule has 0 bridgehead atoms. The van der Waals surface area contributed by atoms with Crippen LogP contribution in [-0.2, 0) is 0 Å². The Kier molecular flexibility index (Phi) is 4.59. The van der Waals surface area contributed by atoms with Gasteiger partial charge < -0.3 is 15.5 Å². The lowest BCUT2D eigenvalue weighted by Crippen LogP contribution is -2.15. The smallest absolute Gasteiger partial charge is 0.332 e. The highest BCUT2D eigenvalue weighted by Gasteiger charge is 2.20. The summed E-state index contributed by atoms with van der Waals surface area (Å²) in [5.74, 6) is 0.253. The van der Waals surface area contributed by atoms with E-state index in [9.17, 15) is 9.59 Å². The maximum absolute atomic E-state index is 12.7. The minimum Gasteiger partial charge on any atom is -0.494 e. The molecule has 2 aromatic carbocycles. The number of nitrogens with one attached hydrogen (secondary N) is 1. The van der Waals surface area contributed by atoms with Gasteiger partial charge in [-0.15, -0.1) is 0 Å². The van der Waals surface area contributed by atoms with Crippen molar-refractivity contribution in [3.8, 4) is 22.8 Å². The number of nitrogens with two attached hydrogens (primary N) is 1. The number of hydrogen-bond acceptors (Lipinski definition) is 5. The number of aryl methyl sites for hydroxylation is 1. The molecule has 1 amide bonds. The molecule has 146 valence electrons. The molecule has 8 nitrogen and oxygen atoms in total. The highest BCUT2D eigenvalue weighted by molar-refractivity contribution is 6.02. The van der Waals surface area contributed by atoms with Gasteiger partial charge in [0.2, 0.25) is 0 Å². The number of aromatic amines is 1. The molecule has 8 heteroatoms. The number of benzene rings is 2. The second-order valence-corrected chi connectivity index (χ2v) is 6.52. The van der Waals surface area contributed by atoms with Crippen LogP contribution in [0.15, 0.2) is 53.3 Å². The number of hydrogen-bond donors (Lipinski definition) is 2. The van der Waals surface area contributed by atoms with Crippen LogP contribution < -0.4 is 16.2 Å². The topological polar surface area (TPSA) is 116 Å². The standard InChI is InChI=1S/C21H19N5O3/c1-3-29-15-9-7-13(8-10-15)19-23-16(18(22)27)17-20(25-19)26(21(28)24-17)14-6-4-5-12(2)11-14/h4-11H,3H2,1-2H3,(H2,22,27)(H,24,28). The number of ether oxygens (including phenoxy) is 1. The van der Waals surface area contributed by atoms with E-state index in [0.29, 0.717) is 23.6 Å². The van der Waals surface area contributed by atoms with Crippen LogP contribution in [-0.4, -0.2) is 32.0 Å². The fourth-order valence-electron chi connectivity index (χ4n) is 3.17. The van der Waals surface area contributed by atoms with E-state index in [0.717, 1.165) is 5.56 Å². The largest absolute Gasteiger partial charge is 0.494 e. The van der Waals surface area contributed by atoms with Gasteiger partial charge in [0, 0.05) is 5.56 Å². The maximum Gasteiger partial charge on any atom is 0.332 e. The monoisotopic (exact) mass is 389 g/mol. The molecule has 0 aliphatic carbocycles. The van der Waals surface area contributed by atoms with Crippen molar-refractivity contribution in [3.05, 3.63) is 70.3 Å². The summed E-state index contributed by atoms with van der Waals surface area (Å²) in [4.78, 5) is 36.2. The first kappa shape index (κ1) is 18.4. The van der Waals surface area contributed by atoms with Crippen molar-refractivity contribution >= 4 is 17.1 Å². The predicted octanol–water partition coefficient (Wildman–Crippen LogP) is 2.58. The van der Waals surface area contributed by atoms with Crippen LogP contribution in [0, 0.1) is 6.92 Å². The Bertz CT molecular complexity index is 1270. The average molecular weight is 389 g/mol. The number of fused-ring (bicyclic) bond motifs is 1. The third-order valence-electron chi connectivity index (χ3n) is 4.45. The highest BCUT2D eigenvalue weighted by atomic mass is 16.5. The van der Waals surface area contributed by atoms with Gasteiger partial charge in [-0.05, 0) is 55.8 Å². The number of imidazole rings is 1. The molecule has 2 aromatic heterocycles. The number of rotatable bonds is 5. The maximum atomic E-state index is 12.7. The quantitative estimate of drug-likeness (QED) is 0.544. The lowest BCUT2D eigenvalue weighted by molar-refractivity contribution is 0.0997. The SMILES string of the molecule is CCOc1ccc(-c2nc(C(N)=O)c3[nH]c(=O)n(-c4cccc(C)c4)c3n2)cc1. The van der Waals surface area contributed by atoms with Gasteiger partial charge >= 0.3 is 5.69 Å². The van der Waals surface area contributed by atoms with Crippen LogP contribution in [0.25, 0.3) is 28.2 Å². The Morgan fingerprint density at radius 1 is 1.17 bits per heavy atom. The van der Waals surface area contributed by atoms with E-state index < -0.39 is 11.6 Å². The summed E-state index contributed by atoms with van der Waals surface area (Å²) < 4.78 is 6.87. The van der Waals surface area contributed by atoms with Crippen molar-refractivity contribution in [2.24, 2.45) is 5.73 Å². The molecule has 0 atom stereocenters. The Balaban J connectivity index is 1.96. The normalized spacial score (nSPS) is 11.0. The summed E-state index contributed by atoms with van der Waals surface area (Å²) in [5.41, 5.74) is 7.85. The average Bonchev–Trinajstić information content (AvgIpc) is 3.03. The zero-order valence-corrected chi connectivity index (χ0v) is 16.0. The van der Waals surface area contributed by atoms with Gasteiger partial charge in [-0.1, -0.05) is 12.1 Å². The van der Waals surface area contributed by atoms with Crippen molar-refractivity contribution in [3.63, 3.8) is 0 Å². The molecule has 0 radical (unpaired) electrons. The predicted molar refractivity (Wildman–Crippen MR) is 109 cm³/mol. The fraction of sp³-hybridized carbons (Fsp3) is 0.143. The first-order chi connectivity index (χ1) is 14.0. The number of H-pyrrole nitrogens is 1. The van der Waals surface area contributed by atoms with Gasteiger partial charge in [-0.2, -0.15) is 0 Å². The fourth-order valence-corrected chi connectivity index (χ4v) is 3.17. The molecule has 2 heterocycles. The van der Waals surface area contributed by atoms with Crippen LogP contribution in [0.3, 0.4) is 0 Å². The van der Waals surface area contributed by atoms with Crippen molar-refractivity contribution in [2.75, 3.05) is 6.61 Å². The summed E-state index contributed by atoms with van der Waals surface area (Å²) in [5, 5.41) is 0. The molecule has 0 fully saturated rings.